The van der Waals surface area contributed by atoms with E-state index in [0.29, 0.717) is 6.04 Å². The number of nitrogens with one attached hydrogen (secondary N) is 1. The SMILES string of the molecule is CC(C)NCC1CC(O)C1. The molecular formula is C8H17NO. The van der Waals surface area contributed by atoms with Crippen molar-refractivity contribution in [3.63, 3.8) is 0 Å². The first kappa shape index (κ1) is 8.02. The summed E-state index contributed by atoms with van der Waals surface area (Å²) in [6, 6.07) is 0.581. The van der Waals surface area contributed by atoms with Gasteiger partial charge in [0.05, 0.1) is 6.10 Å². The monoisotopic (exact) mass is 143 g/mol. The van der Waals surface area contributed by atoms with E-state index >= 15 is 0 Å². The minimum Gasteiger partial charge on any atom is -0.393 e. The summed E-state index contributed by atoms with van der Waals surface area (Å²) in [5, 5.41) is 12.3. The molecular weight excluding hydrogens is 126 g/mol. The highest BCUT2D eigenvalue weighted by Crippen LogP contribution is 2.26. The van der Waals surface area contributed by atoms with Crippen LogP contribution < -0.4 is 5.32 Å². The van der Waals surface area contributed by atoms with Crippen LogP contribution in [0.2, 0.25) is 0 Å². The van der Waals surface area contributed by atoms with Crippen LogP contribution in [0.3, 0.4) is 0 Å². The number of hydrogen-bond donors (Lipinski definition) is 2. The standard InChI is InChI=1S/C8H17NO/c1-6(2)9-5-7-3-8(10)4-7/h6-10H,3-5H2,1-2H3. The van der Waals surface area contributed by atoms with Gasteiger partial charge in [-0.25, -0.2) is 0 Å². The van der Waals surface area contributed by atoms with E-state index < -0.39 is 0 Å². The van der Waals surface area contributed by atoms with Crippen LogP contribution in [0, 0.1) is 5.92 Å². The van der Waals surface area contributed by atoms with Gasteiger partial charge in [-0.1, -0.05) is 13.8 Å². The van der Waals surface area contributed by atoms with Crippen LogP contribution in [-0.2, 0) is 0 Å². The molecule has 0 aromatic rings. The molecule has 60 valence electrons. The van der Waals surface area contributed by atoms with E-state index in [0.717, 1.165) is 25.3 Å². The Labute approximate surface area is 62.6 Å². The second kappa shape index (κ2) is 3.35. The fourth-order valence-corrected chi connectivity index (χ4v) is 1.27. The molecule has 0 amide bonds. The average Bonchev–Trinajstić information content (AvgIpc) is 1.77. The molecule has 0 aliphatic heterocycles. The van der Waals surface area contributed by atoms with Crippen molar-refractivity contribution in [1.82, 2.24) is 5.32 Å². The fraction of sp³-hybridized carbons (Fsp3) is 1.00. The summed E-state index contributed by atoms with van der Waals surface area (Å²) in [5.74, 6) is 0.734. The molecule has 1 saturated carbocycles. The molecule has 1 aliphatic rings. The van der Waals surface area contributed by atoms with E-state index in [1.807, 2.05) is 0 Å². The molecule has 0 atom stereocenters. The summed E-state index contributed by atoms with van der Waals surface area (Å²) in [6.45, 7) is 5.37. The minimum atomic E-state index is -0.000961. The van der Waals surface area contributed by atoms with E-state index in [9.17, 15) is 0 Å². The summed E-state index contributed by atoms with van der Waals surface area (Å²) >= 11 is 0. The molecule has 0 bridgehead atoms. The Balaban J connectivity index is 1.95. The van der Waals surface area contributed by atoms with Gasteiger partial charge in [-0.05, 0) is 25.3 Å². The van der Waals surface area contributed by atoms with Crippen molar-refractivity contribution in [2.24, 2.45) is 5.92 Å². The summed E-state index contributed by atoms with van der Waals surface area (Å²) in [4.78, 5) is 0. The molecule has 0 unspecified atom stereocenters. The lowest BCUT2D eigenvalue weighted by Crippen LogP contribution is -2.38. The molecule has 1 fully saturated rings. The predicted octanol–water partition coefficient (Wildman–Crippen LogP) is 0.755. The molecule has 0 aromatic carbocycles. The average molecular weight is 143 g/mol. The molecule has 0 spiro atoms. The molecule has 10 heavy (non-hydrogen) atoms. The Hall–Kier alpha value is -0.0800. The van der Waals surface area contributed by atoms with Gasteiger partial charge in [0.15, 0.2) is 0 Å². The van der Waals surface area contributed by atoms with Crippen molar-refractivity contribution in [2.75, 3.05) is 6.54 Å². The topological polar surface area (TPSA) is 32.3 Å². The normalized spacial score (nSPS) is 32.4. The lowest BCUT2D eigenvalue weighted by Gasteiger charge is -2.32. The van der Waals surface area contributed by atoms with Crippen LogP contribution in [0.1, 0.15) is 26.7 Å². The van der Waals surface area contributed by atoms with E-state index in [1.54, 1.807) is 0 Å². The van der Waals surface area contributed by atoms with Crippen LogP contribution in [0.15, 0.2) is 0 Å². The first-order valence-electron chi connectivity index (χ1n) is 4.10. The van der Waals surface area contributed by atoms with Gasteiger partial charge in [-0.15, -0.1) is 0 Å². The zero-order valence-corrected chi connectivity index (χ0v) is 6.80. The zero-order chi connectivity index (χ0) is 7.56. The minimum absolute atomic E-state index is 0.000961. The Morgan fingerprint density at radius 1 is 1.50 bits per heavy atom. The Morgan fingerprint density at radius 2 is 2.10 bits per heavy atom. The summed E-state index contributed by atoms with van der Waals surface area (Å²) in [7, 11) is 0. The fourth-order valence-electron chi connectivity index (χ4n) is 1.27. The van der Waals surface area contributed by atoms with Crippen LogP contribution in [-0.4, -0.2) is 23.8 Å². The van der Waals surface area contributed by atoms with Crippen molar-refractivity contribution >= 4 is 0 Å². The first-order valence-corrected chi connectivity index (χ1v) is 4.10. The molecule has 0 aromatic heterocycles. The maximum absolute atomic E-state index is 8.96. The highest BCUT2D eigenvalue weighted by molar-refractivity contribution is 4.80. The maximum Gasteiger partial charge on any atom is 0.0546 e. The van der Waals surface area contributed by atoms with Gasteiger partial charge in [0.25, 0.3) is 0 Å². The lowest BCUT2D eigenvalue weighted by molar-refractivity contribution is 0.0423. The van der Waals surface area contributed by atoms with Crippen molar-refractivity contribution < 1.29 is 5.11 Å². The van der Waals surface area contributed by atoms with Gasteiger partial charge in [0, 0.05) is 6.04 Å². The summed E-state index contributed by atoms with van der Waals surface area (Å²) < 4.78 is 0. The van der Waals surface area contributed by atoms with E-state index in [4.69, 9.17) is 5.11 Å². The van der Waals surface area contributed by atoms with E-state index in [1.165, 1.54) is 0 Å². The molecule has 2 nitrogen and oxygen atoms in total. The summed E-state index contributed by atoms with van der Waals surface area (Å²) in [5.41, 5.74) is 0. The Morgan fingerprint density at radius 3 is 2.50 bits per heavy atom. The van der Waals surface area contributed by atoms with Crippen molar-refractivity contribution in [1.29, 1.82) is 0 Å². The molecule has 1 rings (SSSR count). The van der Waals surface area contributed by atoms with Gasteiger partial charge in [0.1, 0.15) is 0 Å². The second-order valence-electron chi connectivity index (χ2n) is 3.55. The number of hydrogen-bond acceptors (Lipinski definition) is 2. The van der Waals surface area contributed by atoms with Gasteiger partial charge >= 0.3 is 0 Å². The quantitative estimate of drug-likeness (QED) is 0.611. The molecule has 2 N–H and O–H groups in total. The predicted molar refractivity (Wildman–Crippen MR) is 41.9 cm³/mol. The number of aliphatic hydroxyl groups is 1. The molecule has 0 heterocycles. The third kappa shape index (κ3) is 2.27. The van der Waals surface area contributed by atoms with E-state index in [-0.39, 0.29) is 6.10 Å². The Bertz CT molecular complexity index is 97.4. The third-order valence-electron chi connectivity index (χ3n) is 2.03. The van der Waals surface area contributed by atoms with Gasteiger partial charge in [0.2, 0.25) is 0 Å². The molecule has 0 saturated heterocycles. The van der Waals surface area contributed by atoms with Crippen LogP contribution in [0.25, 0.3) is 0 Å². The van der Waals surface area contributed by atoms with Crippen LogP contribution in [0.4, 0.5) is 0 Å². The molecule has 0 radical (unpaired) electrons. The van der Waals surface area contributed by atoms with Gasteiger partial charge in [-0.3, -0.25) is 0 Å². The second-order valence-corrected chi connectivity index (χ2v) is 3.55. The third-order valence-corrected chi connectivity index (χ3v) is 2.03. The van der Waals surface area contributed by atoms with Crippen LogP contribution in [0.5, 0.6) is 0 Å². The van der Waals surface area contributed by atoms with E-state index in [2.05, 4.69) is 19.2 Å². The number of rotatable bonds is 3. The van der Waals surface area contributed by atoms with Gasteiger partial charge < -0.3 is 10.4 Å². The van der Waals surface area contributed by atoms with Crippen LogP contribution >= 0.6 is 0 Å². The van der Waals surface area contributed by atoms with Crippen molar-refractivity contribution in [2.45, 2.75) is 38.8 Å². The Kier molecular flexibility index (Phi) is 2.69. The van der Waals surface area contributed by atoms with Crippen molar-refractivity contribution in [3.8, 4) is 0 Å². The summed E-state index contributed by atoms with van der Waals surface area (Å²) in [6.07, 6.45) is 2.00. The zero-order valence-electron chi connectivity index (χ0n) is 6.80. The highest BCUT2D eigenvalue weighted by atomic mass is 16.3. The number of aliphatic hydroxyl groups excluding tert-OH is 1. The largest absolute Gasteiger partial charge is 0.393 e. The van der Waals surface area contributed by atoms with Gasteiger partial charge in [-0.2, -0.15) is 0 Å². The lowest BCUT2D eigenvalue weighted by atomic mass is 9.82. The highest BCUT2D eigenvalue weighted by Gasteiger charge is 2.26. The molecule has 1 aliphatic carbocycles. The molecule has 2 heteroatoms. The maximum atomic E-state index is 8.96. The smallest absolute Gasteiger partial charge is 0.0546 e. The van der Waals surface area contributed by atoms with Crippen molar-refractivity contribution in [3.05, 3.63) is 0 Å². The first-order chi connectivity index (χ1) is 4.68.